The van der Waals surface area contributed by atoms with Crippen molar-refractivity contribution in [2.45, 2.75) is 0 Å². The number of rotatable bonds is 3. The molecular formula is C6H8BrNOS. The Morgan fingerprint density at radius 2 is 2.50 bits per heavy atom. The van der Waals surface area contributed by atoms with Crippen LogP contribution in [0.5, 0.6) is 5.06 Å². The number of hydrogen-bond acceptors (Lipinski definition) is 3. The number of nitrogens with two attached hydrogens (primary N) is 1. The molecule has 2 nitrogen and oxygen atoms in total. The molecule has 1 aromatic rings. The Balaban J connectivity index is 2.49. The number of halogens is 1. The van der Waals surface area contributed by atoms with Crippen molar-refractivity contribution in [3.8, 4) is 5.06 Å². The molecule has 0 bridgehead atoms. The monoisotopic (exact) mass is 221 g/mol. The van der Waals surface area contributed by atoms with Gasteiger partial charge in [0.2, 0.25) is 0 Å². The van der Waals surface area contributed by atoms with Crippen LogP contribution < -0.4 is 10.5 Å². The molecule has 0 aliphatic carbocycles. The molecule has 0 fully saturated rings. The van der Waals surface area contributed by atoms with Gasteiger partial charge in [0, 0.05) is 6.54 Å². The van der Waals surface area contributed by atoms with Crippen LogP contribution in [0.4, 0.5) is 0 Å². The predicted octanol–water partition coefficient (Wildman–Crippen LogP) is 1.85. The molecule has 0 saturated carbocycles. The van der Waals surface area contributed by atoms with Crippen LogP contribution in [0.2, 0.25) is 0 Å². The lowest BCUT2D eigenvalue weighted by Gasteiger charge is -1.99. The van der Waals surface area contributed by atoms with Gasteiger partial charge in [-0.05, 0) is 27.4 Å². The van der Waals surface area contributed by atoms with Crippen molar-refractivity contribution in [2.75, 3.05) is 13.2 Å². The average molecular weight is 222 g/mol. The van der Waals surface area contributed by atoms with Gasteiger partial charge in [-0.15, -0.1) is 11.3 Å². The molecule has 0 atom stereocenters. The summed E-state index contributed by atoms with van der Waals surface area (Å²) in [5, 5.41) is 2.88. The maximum atomic E-state index is 5.27. The highest BCUT2D eigenvalue weighted by molar-refractivity contribution is 9.10. The lowest BCUT2D eigenvalue weighted by atomic mass is 10.6. The highest BCUT2D eigenvalue weighted by atomic mass is 79.9. The Morgan fingerprint density at radius 1 is 1.70 bits per heavy atom. The van der Waals surface area contributed by atoms with Crippen LogP contribution in [0.1, 0.15) is 0 Å². The zero-order valence-corrected chi connectivity index (χ0v) is 7.74. The molecule has 10 heavy (non-hydrogen) atoms. The first-order chi connectivity index (χ1) is 4.84. The summed E-state index contributed by atoms with van der Waals surface area (Å²) in [6.07, 6.45) is 0. The third kappa shape index (κ3) is 1.97. The number of hydrogen-bond donors (Lipinski definition) is 1. The van der Waals surface area contributed by atoms with Gasteiger partial charge in [0.05, 0.1) is 4.47 Å². The Morgan fingerprint density at radius 3 is 3.00 bits per heavy atom. The van der Waals surface area contributed by atoms with E-state index in [1.807, 2.05) is 11.4 Å². The predicted molar refractivity (Wildman–Crippen MR) is 46.6 cm³/mol. The van der Waals surface area contributed by atoms with Gasteiger partial charge in [0.1, 0.15) is 6.61 Å². The van der Waals surface area contributed by atoms with Gasteiger partial charge in [0.15, 0.2) is 5.06 Å². The van der Waals surface area contributed by atoms with E-state index in [0.717, 1.165) is 9.54 Å². The van der Waals surface area contributed by atoms with E-state index in [9.17, 15) is 0 Å². The van der Waals surface area contributed by atoms with Gasteiger partial charge in [-0.1, -0.05) is 0 Å². The summed E-state index contributed by atoms with van der Waals surface area (Å²) >= 11 is 4.91. The Hall–Kier alpha value is -0.0600. The van der Waals surface area contributed by atoms with E-state index in [-0.39, 0.29) is 0 Å². The summed E-state index contributed by atoms with van der Waals surface area (Å²) in [6.45, 7) is 1.14. The van der Waals surface area contributed by atoms with Gasteiger partial charge in [-0.2, -0.15) is 0 Å². The minimum atomic E-state index is 0.560. The lowest BCUT2D eigenvalue weighted by molar-refractivity contribution is 0.336. The SMILES string of the molecule is NCCOc1sccc1Br. The van der Waals surface area contributed by atoms with E-state index in [4.69, 9.17) is 10.5 Å². The summed E-state index contributed by atoms with van der Waals surface area (Å²) < 4.78 is 6.28. The molecule has 0 aromatic carbocycles. The molecular weight excluding hydrogens is 214 g/mol. The second kappa shape index (κ2) is 3.95. The third-order valence-corrected chi connectivity index (χ3v) is 2.65. The van der Waals surface area contributed by atoms with E-state index in [1.54, 1.807) is 11.3 Å². The minimum Gasteiger partial charge on any atom is -0.482 e. The average Bonchev–Trinajstić information content (AvgIpc) is 2.31. The summed E-state index contributed by atoms with van der Waals surface area (Å²) in [5.74, 6) is 0. The number of thiophene rings is 1. The maximum Gasteiger partial charge on any atom is 0.188 e. The highest BCUT2D eigenvalue weighted by Crippen LogP contribution is 2.30. The molecule has 0 saturated heterocycles. The van der Waals surface area contributed by atoms with Crippen molar-refractivity contribution >= 4 is 27.3 Å². The molecule has 56 valence electrons. The van der Waals surface area contributed by atoms with Gasteiger partial charge >= 0.3 is 0 Å². The molecule has 0 unspecified atom stereocenters. The normalized spacial score (nSPS) is 9.80. The maximum absolute atomic E-state index is 5.27. The zero-order chi connectivity index (χ0) is 7.40. The molecule has 1 heterocycles. The van der Waals surface area contributed by atoms with Gasteiger partial charge in [0.25, 0.3) is 0 Å². The van der Waals surface area contributed by atoms with Crippen LogP contribution in [0.15, 0.2) is 15.9 Å². The fourth-order valence-corrected chi connectivity index (χ4v) is 1.90. The molecule has 0 amide bonds. The number of ether oxygens (including phenoxy) is 1. The zero-order valence-electron chi connectivity index (χ0n) is 5.34. The van der Waals surface area contributed by atoms with E-state index in [2.05, 4.69) is 15.9 Å². The van der Waals surface area contributed by atoms with Gasteiger partial charge in [-0.3, -0.25) is 0 Å². The Labute approximate surface area is 72.1 Å². The fourth-order valence-electron chi connectivity index (χ4n) is 0.534. The molecule has 0 spiro atoms. The highest BCUT2D eigenvalue weighted by Gasteiger charge is 1.99. The van der Waals surface area contributed by atoms with E-state index < -0.39 is 0 Å². The molecule has 0 radical (unpaired) electrons. The third-order valence-electron chi connectivity index (χ3n) is 0.935. The van der Waals surface area contributed by atoms with Crippen LogP contribution in [-0.2, 0) is 0 Å². The van der Waals surface area contributed by atoms with Gasteiger partial charge in [-0.25, -0.2) is 0 Å². The lowest BCUT2D eigenvalue weighted by Crippen LogP contribution is -2.09. The van der Waals surface area contributed by atoms with E-state index in [1.165, 1.54) is 0 Å². The summed E-state index contributed by atoms with van der Waals surface area (Å²) in [5.41, 5.74) is 5.26. The smallest absolute Gasteiger partial charge is 0.188 e. The fraction of sp³-hybridized carbons (Fsp3) is 0.333. The van der Waals surface area contributed by atoms with Crippen molar-refractivity contribution in [3.05, 3.63) is 15.9 Å². The van der Waals surface area contributed by atoms with Crippen LogP contribution in [0, 0.1) is 0 Å². The van der Waals surface area contributed by atoms with Crippen molar-refractivity contribution in [1.82, 2.24) is 0 Å². The molecule has 1 rings (SSSR count). The van der Waals surface area contributed by atoms with E-state index in [0.29, 0.717) is 13.2 Å². The standard InChI is InChI=1S/C6H8BrNOS/c7-5-1-4-10-6(5)9-3-2-8/h1,4H,2-3,8H2. The Bertz CT molecular complexity index is 201. The largest absolute Gasteiger partial charge is 0.482 e. The van der Waals surface area contributed by atoms with Crippen LogP contribution in [0.3, 0.4) is 0 Å². The minimum absolute atomic E-state index is 0.560. The summed E-state index contributed by atoms with van der Waals surface area (Å²) in [7, 11) is 0. The topological polar surface area (TPSA) is 35.2 Å². The molecule has 2 N–H and O–H groups in total. The van der Waals surface area contributed by atoms with Crippen LogP contribution in [-0.4, -0.2) is 13.2 Å². The van der Waals surface area contributed by atoms with Crippen molar-refractivity contribution < 1.29 is 4.74 Å². The van der Waals surface area contributed by atoms with Crippen LogP contribution in [0.25, 0.3) is 0 Å². The molecule has 0 aliphatic heterocycles. The van der Waals surface area contributed by atoms with Crippen LogP contribution >= 0.6 is 27.3 Å². The quantitative estimate of drug-likeness (QED) is 0.846. The molecule has 0 aliphatic rings. The first-order valence-corrected chi connectivity index (χ1v) is 4.57. The second-order valence-electron chi connectivity index (χ2n) is 1.69. The van der Waals surface area contributed by atoms with Gasteiger partial charge < -0.3 is 10.5 Å². The van der Waals surface area contributed by atoms with Crippen molar-refractivity contribution in [2.24, 2.45) is 5.73 Å². The molecule has 4 heteroatoms. The first kappa shape index (κ1) is 8.04. The van der Waals surface area contributed by atoms with Crippen molar-refractivity contribution in [3.63, 3.8) is 0 Å². The van der Waals surface area contributed by atoms with E-state index >= 15 is 0 Å². The molecule has 1 aromatic heterocycles. The summed E-state index contributed by atoms with van der Waals surface area (Å²) in [4.78, 5) is 0. The first-order valence-electron chi connectivity index (χ1n) is 2.90. The second-order valence-corrected chi connectivity index (χ2v) is 3.43. The Kier molecular flexibility index (Phi) is 3.18. The summed E-state index contributed by atoms with van der Waals surface area (Å²) in [6, 6.07) is 1.95. The van der Waals surface area contributed by atoms with Crippen molar-refractivity contribution in [1.29, 1.82) is 0 Å².